The van der Waals surface area contributed by atoms with Gasteiger partial charge in [0.1, 0.15) is 0 Å². The second kappa shape index (κ2) is 11.1. The number of nitrogens with one attached hydrogen (secondary N) is 1. The van der Waals surface area contributed by atoms with E-state index in [4.69, 9.17) is 11.1 Å². The summed E-state index contributed by atoms with van der Waals surface area (Å²) in [5.41, 5.74) is 14.2. The van der Waals surface area contributed by atoms with E-state index in [2.05, 4.69) is 72.6 Å². The van der Waals surface area contributed by atoms with Gasteiger partial charge >= 0.3 is 0 Å². The lowest BCUT2D eigenvalue weighted by molar-refractivity contribution is 0.401. The molecule has 3 aromatic carbocycles. The summed E-state index contributed by atoms with van der Waals surface area (Å²) in [5, 5.41) is 7.61. The van der Waals surface area contributed by atoms with Crippen molar-refractivity contribution in [1.29, 1.82) is 5.41 Å². The summed E-state index contributed by atoms with van der Waals surface area (Å²) in [6, 6.07) is 24.5. The lowest BCUT2D eigenvalue weighted by Crippen LogP contribution is -2.15. The third-order valence-corrected chi connectivity index (χ3v) is 7.74. The molecule has 0 bridgehead atoms. The second-order valence-corrected chi connectivity index (χ2v) is 10.2. The average molecular weight is 492 g/mol. The van der Waals surface area contributed by atoms with E-state index in [1.165, 1.54) is 29.7 Å². The molecule has 3 nitrogen and oxygen atoms in total. The number of hydrogen-bond acceptors (Lipinski definition) is 3. The molecule has 1 atom stereocenters. The lowest BCUT2D eigenvalue weighted by Gasteiger charge is -2.31. The number of nitrogens with two attached hydrogens (primary N) is 1. The van der Waals surface area contributed by atoms with Crippen LogP contribution in [0.3, 0.4) is 0 Å². The quantitative estimate of drug-likeness (QED) is 0.186. The third kappa shape index (κ3) is 5.48. The van der Waals surface area contributed by atoms with Crippen molar-refractivity contribution in [3.8, 4) is 0 Å². The maximum atomic E-state index is 14.1. The first-order valence-corrected chi connectivity index (χ1v) is 13.3. The molecule has 2 aliphatic rings. The summed E-state index contributed by atoms with van der Waals surface area (Å²) in [6.07, 6.45) is 9.99. The number of benzene rings is 3. The topological polar surface area (TPSA) is 62.2 Å². The number of nitrogen functional groups attached to an aromatic ring is 1. The van der Waals surface area contributed by atoms with E-state index in [1.54, 1.807) is 12.1 Å². The van der Waals surface area contributed by atoms with E-state index < -0.39 is 5.97 Å². The highest BCUT2D eigenvalue weighted by atomic mass is 19.1. The monoisotopic (exact) mass is 491 g/mol. The van der Waals surface area contributed by atoms with Crippen LogP contribution in [0.15, 0.2) is 83.9 Å². The Hall–Kier alpha value is -3.79. The molecule has 5 rings (SSSR count). The van der Waals surface area contributed by atoms with Crippen molar-refractivity contribution in [3.63, 3.8) is 0 Å². The Labute approximate surface area is 219 Å². The fraction of sp³-hybridized carbons (Fsp3) is 0.273. The number of rotatable bonds is 8. The number of halogens is 1. The van der Waals surface area contributed by atoms with E-state index >= 15 is 0 Å². The molecule has 0 radical (unpaired) electrons. The molecular formula is C33H34FN3. The summed E-state index contributed by atoms with van der Waals surface area (Å²) in [6.45, 7) is 3.16. The summed E-state index contributed by atoms with van der Waals surface area (Å²) in [4.78, 5) is 4.67. The molecule has 0 amide bonds. The number of allylic oxidation sites excluding steroid dienone is 2. The van der Waals surface area contributed by atoms with Crippen LogP contribution >= 0.6 is 0 Å². The minimum atomic E-state index is -1.01. The van der Waals surface area contributed by atoms with Crippen LogP contribution in [0, 0.1) is 17.2 Å². The highest BCUT2D eigenvalue weighted by Gasteiger charge is 2.27. The van der Waals surface area contributed by atoms with Crippen LogP contribution < -0.4 is 5.73 Å². The van der Waals surface area contributed by atoms with Gasteiger partial charge in [-0.2, -0.15) is 4.39 Å². The Kier molecular flexibility index (Phi) is 7.45. The molecule has 0 aromatic heterocycles. The molecule has 0 spiro atoms. The molecule has 1 aliphatic carbocycles. The van der Waals surface area contributed by atoms with Crippen molar-refractivity contribution in [3.05, 3.63) is 107 Å². The Morgan fingerprint density at radius 2 is 1.70 bits per heavy atom. The minimum absolute atomic E-state index is 0.137. The Balaban J connectivity index is 1.59. The third-order valence-electron chi connectivity index (χ3n) is 7.74. The molecule has 1 unspecified atom stereocenters. The van der Waals surface area contributed by atoms with Crippen LogP contribution in [0.25, 0.3) is 17.2 Å². The van der Waals surface area contributed by atoms with Crippen molar-refractivity contribution in [2.75, 3.05) is 12.3 Å². The molecule has 1 aliphatic heterocycles. The molecular weight excluding hydrogens is 457 g/mol. The van der Waals surface area contributed by atoms with Gasteiger partial charge in [-0.05, 0) is 82.7 Å². The predicted molar refractivity (Wildman–Crippen MR) is 155 cm³/mol. The molecule has 37 heavy (non-hydrogen) atoms. The number of hydrogen-bond donors (Lipinski definition) is 2. The first kappa shape index (κ1) is 24.9. The predicted octanol–water partition coefficient (Wildman–Crippen LogP) is 8.21. The van der Waals surface area contributed by atoms with Gasteiger partial charge < -0.3 is 5.73 Å². The zero-order valence-corrected chi connectivity index (χ0v) is 21.4. The molecule has 3 aromatic rings. The standard InChI is InChI=1S/C33H34FN3/c1-2-22-19-28(37-21-22)17-13-23-11-14-26(15-12-23)32(27-16-18-30(35)29(20-27)33(34)36)31(25-9-6-10-25)24-7-4-3-5-8-24/h3-5,7-8,11-18,20,22,25,36H,2,6,9-10,19,21,35H2,1H3/b17-13+,32-31-,36-33?. The van der Waals surface area contributed by atoms with Gasteiger partial charge in [0.15, 0.2) is 0 Å². The van der Waals surface area contributed by atoms with Gasteiger partial charge in [0.05, 0.1) is 5.56 Å². The first-order chi connectivity index (χ1) is 18.0. The van der Waals surface area contributed by atoms with Crippen LogP contribution in [0.5, 0.6) is 0 Å². The minimum Gasteiger partial charge on any atom is -0.398 e. The van der Waals surface area contributed by atoms with Gasteiger partial charge in [0, 0.05) is 17.9 Å². The van der Waals surface area contributed by atoms with Crippen molar-refractivity contribution >= 4 is 34.6 Å². The van der Waals surface area contributed by atoms with E-state index in [9.17, 15) is 4.39 Å². The van der Waals surface area contributed by atoms with Gasteiger partial charge in [-0.1, -0.05) is 86.5 Å². The average Bonchev–Trinajstić information content (AvgIpc) is 3.36. The lowest BCUT2D eigenvalue weighted by atomic mass is 9.73. The first-order valence-electron chi connectivity index (χ1n) is 13.3. The second-order valence-electron chi connectivity index (χ2n) is 10.2. The number of nitrogens with zero attached hydrogens (tertiary/aromatic N) is 1. The summed E-state index contributed by atoms with van der Waals surface area (Å²) < 4.78 is 14.1. The number of aliphatic imine (C=N–C) groups is 1. The van der Waals surface area contributed by atoms with Crippen LogP contribution in [-0.4, -0.2) is 18.2 Å². The highest BCUT2D eigenvalue weighted by molar-refractivity contribution is 6.03. The Bertz CT molecular complexity index is 1360. The van der Waals surface area contributed by atoms with Crippen molar-refractivity contribution < 1.29 is 4.39 Å². The normalized spacial score (nSPS) is 18.4. The molecule has 3 N–H and O–H groups in total. The zero-order valence-electron chi connectivity index (χ0n) is 21.4. The van der Waals surface area contributed by atoms with E-state index in [0.29, 0.717) is 11.8 Å². The van der Waals surface area contributed by atoms with E-state index in [-0.39, 0.29) is 11.3 Å². The van der Waals surface area contributed by atoms with Gasteiger partial charge in [-0.25, -0.2) is 0 Å². The largest absolute Gasteiger partial charge is 0.398 e. The molecule has 1 saturated carbocycles. The molecule has 1 heterocycles. The molecule has 1 fully saturated rings. The maximum absolute atomic E-state index is 14.1. The van der Waals surface area contributed by atoms with Gasteiger partial charge in [-0.15, -0.1) is 0 Å². The SMILES string of the molecule is CCC1CN=C(/C=C/c2ccc(/C(=C(\c3ccccc3)C3CCC3)c3ccc(N)c(C(=N)F)c3)cc2)C1. The van der Waals surface area contributed by atoms with Crippen LogP contribution in [-0.2, 0) is 0 Å². The van der Waals surface area contributed by atoms with Crippen molar-refractivity contribution in [1.82, 2.24) is 0 Å². The van der Waals surface area contributed by atoms with Crippen LogP contribution in [0.1, 0.15) is 66.8 Å². The smallest absolute Gasteiger partial charge is 0.214 e. The van der Waals surface area contributed by atoms with Gasteiger partial charge in [-0.3, -0.25) is 10.4 Å². The Morgan fingerprint density at radius 1 is 0.973 bits per heavy atom. The number of anilines is 1. The van der Waals surface area contributed by atoms with Crippen molar-refractivity contribution in [2.24, 2.45) is 16.8 Å². The molecule has 0 saturated heterocycles. The Morgan fingerprint density at radius 3 is 2.32 bits per heavy atom. The highest BCUT2D eigenvalue weighted by Crippen LogP contribution is 2.45. The zero-order chi connectivity index (χ0) is 25.8. The summed E-state index contributed by atoms with van der Waals surface area (Å²) in [5.74, 6) is 0.104. The van der Waals surface area contributed by atoms with Crippen LogP contribution in [0.2, 0.25) is 0 Å². The van der Waals surface area contributed by atoms with E-state index in [0.717, 1.165) is 48.1 Å². The summed E-state index contributed by atoms with van der Waals surface area (Å²) >= 11 is 0. The van der Waals surface area contributed by atoms with Gasteiger partial charge in [0.2, 0.25) is 5.97 Å². The summed E-state index contributed by atoms with van der Waals surface area (Å²) in [7, 11) is 0. The molecule has 188 valence electrons. The van der Waals surface area contributed by atoms with Crippen molar-refractivity contribution in [2.45, 2.75) is 39.0 Å². The maximum Gasteiger partial charge on any atom is 0.214 e. The fourth-order valence-electron chi connectivity index (χ4n) is 5.30. The fourth-order valence-corrected chi connectivity index (χ4v) is 5.30. The van der Waals surface area contributed by atoms with E-state index in [1.807, 2.05) is 12.1 Å². The van der Waals surface area contributed by atoms with Crippen LogP contribution in [0.4, 0.5) is 10.1 Å². The van der Waals surface area contributed by atoms with Gasteiger partial charge in [0.25, 0.3) is 0 Å². The molecule has 4 heteroatoms.